The smallest absolute Gasteiger partial charge is 0.416 e. The molecule has 68 heavy (non-hydrogen) atoms. The Morgan fingerprint density at radius 2 is 0.912 bits per heavy atom. The van der Waals surface area contributed by atoms with Gasteiger partial charge in [0.15, 0.2) is 0 Å². The maximum atomic E-state index is 12.1. The highest BCUT2D eigenvalue weighted by atomic mass is 79.9. The van der Waals surface area contributed by atoms with Crippen LogP contribution in [0.15, 0.2) is 150 Å². The molecule has 0 amide bonds. The number of hydrogen-bond donors (Lipinski definition) is 7. The van der Waals surface area contributed by atoms with E-state index in [-0.39, 0.29) is 40.5 Å². The van der Waals surface area contributed by atoms with E-state index in [0.29, 0.717) is 42.4 Å². The first kappa shape index (κ1) is 60.8. The van der Waals surface area contributed by atoms with Crippen LogP contribution in [-0.2, 0) is 12.4 Å². The third-order valence-corrected chi connectivity index (χ3v) is 9.58. The molecule has 0 heterocycles. The fourth-order valence-corrected chi connectivity index (χ4v) is 5.69. The number of phenolic OH excluding ortho intramolecular Hbond substituents is 7. The van der Waals surface area contributed by atoms with Crippen LogP contribution in [0.4, 0.5) is 32.0 Å². The largest absolute Gasteiger partial charge is 0.508 e. The Kier molecular flexibility index (Phi) is 26.4. The number of aromatic hydroxyl groups is 7. The summed E-state index contributed by atoms with van der Waals surface area (Å²) in [5.41, 5.74) is -1.13. The summed E-state index contributed by atoms with van der Waals surface area (Å²) in [6.07, 6.45) is -9.84. The van der Waals surface area contributed by atoms with Crippen LogP contribution >= 0.6 is 85.5 Å². The minimum Gasteiger partial charge on any atom is -0.508 e. The van der Waals surface area contributed by atoms with Gasteiger partial charge in [-0.2, -0.15) is 26.3 Å². The molecule has 0 fully saturated rings. The number of benzene rings is 7. The number of para-hydroxylation sites is 1. The van der Waals surface area contributed by atoms with E-state index in [1.165, 1.54) is 30.3 Å². The summed E-state index contributed by atoms with van der Waals surface area (Å²) >= 11 is 36.2. The van der Waals surface area contributed by atoms with Crippen molar-refractivity contribution in [2.24, 2.45) is 0 Å². The van der Waals surface area contributed by atoms with Gasteiger partial charge in [-0.05, 0) is 122 Å². The monoisotopic (exact) mass is 1130 g/mol. The molecule has 0 aromatic heterocycles. The number of alkyl halides is 6. The molecule has 0 saturated carbocycles. The molecule has 7 aromatic carbocycles. The average Bonchev–Trinajstić information content (AvgIpc) is 3.23. The zero-order valence-corrected chi connectivity index (χ0v) is 41.5. The van der Waals surface area contributed by atoms with Gasteiger partial charge < -0.3 is 40.6 Å². The summed E-state index contributed by atoms with van der Waals surface area (Å²) in [5, 5.41) is 64.5. The SMILES string of the molecule is CN(C)c1cccc(O)c1.Cc1ccccc1O.Oc1cc(C(F)(F)F)cc(C(F)(F)F)c1.Oc1cc(Cl)cc(Cl)c1.Oc1cc(Cl)ccc1Cl.Oc1ccc(Br)cc1.Oc1ccc(Cl)cc1Cl. The molecule has 7 N–H and O–H groups in total. The van der Waals surface area contributed by atoms with E-state index in [2.05, 4.69) is 15.9 Å². The van der Waals surface area contributed by atoms with Crippen molar-refractivity contribution in [3.63, 3.8) is 0 Å². The fraction of sp³-hybridized carbons (Fsp3) is 0.106. The van der Waals surface area contributed by atoms with Crippen LogP contribution in [-0.4, -0.2) is 49.8 Å². The summed E-state index contributed by atoms with van der Waals surface area (Å²) in [7, 11) is 3.88. The number of halogens is 13. The Morgan fingerprint density at radius 1 is 0.412 bits per heavy atom. The highest BCUT2D eigenvalue weighted by molar-refractivity contribution is 9.10. The Morgan fingerprint density at radius 3 is 1.28 bits per heavy atom. The molecule has 8 nitrogen and oxygen atoms in total. The van der Waals surface area contributed by atoms with Crippen molar-refractivity contribution < 1.29 is 62.1 Å². The summed E-state index contributed by atoms with van der Waals surface area (Å²) in [6, 6.07) is 35.1. The molecule has 366 valence electrons. The molecular formula is C47H40BrCl6F6NO7. The number of nitrogens with zero attached hydrogens (tertiary/aromatic N) is 1. The van der Waals surface area contributed by atoms with Crippen LogP contribution in [0.2, 0.25) is 30.1 Å². The van der Waals surface area contributed by atoms with Gasteiger partial charge in [-0.15, -0.1) is 0 Å². The predicted octanol–water partition coefficient (Wildman–Crippen LogP) is 16.8. The number of phenols is 7. The van der Waals surface area contributed by atoms with Gasteiger partial charge in [0.05, 0.1) is 21.2 Å². The predicted molar refractivity (Wildman–Crippen MR) is 264 cm³/mol. The van der Waals surface area contributed by atoms with Gasteiger partial charge in [-0.3, -0.25) is 0 Å². The normalized spacial score (nSPS) is 10.2. The van der Waals surface area contributed by atoms with E-state index >= 15 is 0 Å². The van der Waals surface area contributed by atoms with Crippen molar-refractivity contribution >= 4 is 91.2 Å². The van der Waals surface area contributed by atoms with Crippen LogP contribution in [0.1, 0.15) is 16.7 Å². The Balaban J connectivity index is 0.000000401. The molecule has 0 aliphatic rings. The van der Waals surface area contributed by atoms with Gasteiger partial charge in [0.2, 0.25) is 0 Å². The first-order valence-corrected chi connectivity index (χ1v) is 21.6. The highest BCUT2D eigenvalue weighted by Crippen LogP contribution is 2.38. The second-order valence-electron chi connectivity index (χ2n) is 13.3. The first-order chi connectivity index (χ1) is 31.5. The molecule has 21 heteroatoms. The van der Waals surface area contributed by atoms with E-state index in [9.17, 15) is 26.3 Å². The molecule has 7 aromatic rings. The fourth-order valence-electron chi connectivity index (χ4n) is 4.22. The zero-order chi connectivity index (χ0) is 51.9. The number of aryl methyl sites for hydroxylation is 1. The quantitative estimate of drug-likeness (QED) is 0.0805. The van der Waals surface area contributed by atoms with Crippen LogP contribution in [0.5, 0.6) is 40.2 Å². The lowest BCUT2D eigenvalue weighted by Crippen LogP contribution is -2.10. The van der Waals surface area contributed by atoms with Crippen LogP contribution in [0.3, 0.4) is 0 Å². The van der Waals surface area contributed by atoms with Gasteiger partial charge in [-0.25, -0.2) is 0 Å². The lowest BCUT2D eigenvalue weighted by molar-refractivity contribution is -0.143. The van der Waals surface area contributed by atoms with Crippen molar-refractivity contribution in [3.8, 4) is 40.2 Å². The van der Waals surface area contributed by atoms with Crippen molar-refractivity contribution in [1.29, 1.82) is 0 Å². The van der Waals surface area contributed by atoms with E-state index < -0.39 is 29.2 Å². The molecule has 0 radical (unpaired) electrons. The molecule has 0 spiro atoms. The molecule has 0 unspecified atom stereocenters. The Labute approximate surface area is 426 Å². The van der Waals surface area contributed by atoms with Crippen molar-refractivity contribution in [2.75, 3.05) is 19.0 Å². The molecule has 0 aliphatic heterocycles. The molecule has 7 rings (SSSR count). The van der Waals surface area contributed by atoms with E-state index in [0.717, 1.165) is 15.7 Å². The van der Waals surface area contributed by atoms with Gasteiger partial charge in [0.25, 0.3) is 0 Å². The topological polar surface area (TPSA) is 145 Å². The van der Waals surface area contributed by atoms with E-state index in [4.69, 9.17) is 105 Å². The molecule has 0 bridgehead atoms. The van der Waals surface area contributed by atoms with Gasteiger partial charge in [0, 0.05) is 56.5 Å². The zero-order valence-electron chi connectivity index (χ0n) is 35.3. The first-order valence-electron chi connectivity index (χ1n) is 18.6. The molecular weight excluding hydrogens is 1100 g/mol. The highest BCUT2D eigenvalue weighted by Gasteiger charge is 2.37. The maximum absolute atomic E-state index is 12.1. The molecule has 0 aliphatic carbocycles. The van der Waals surface area contributed by atoms with Crippen LogP contribution in [0, 0.1) is 6.92 Å². The second kappa shape index (κ2) is 29.6. The molecule has 0 atom stereocenters. The van der Waals surface area contributed by atoms with Crippen LogP contribution in [0.25, 0.3) is 0 Å². The standard InChI is InChI=1S/C8H4F6O.C8H11NO.C7H8O.C6H5BrO.3C6H4Cl2O/c9-7(10,11)4-1-5(8(12,13)14)3-6(15)2-4;1-9(2)7-4-3-5-8(10)6-7;1-6-4-2-3-5-7(6)8;7-5-1-3-6(8)4-2-5;7-4-1-5(8)3-6(9)2-4;7-4-1-2-6(9)5(8)3-4;7-4-1-2-5(8)6(9)3-4/h1-3,15H;3-6,10H,1-2H3;2-5,8H,1H3;1-4,8H;3*1-3,9H. The third-order valence-electron chi connectivity index (χ3n) is 7.53. The minimum atomic E-state index is -4.92. The number of hydrogen-bond acceptors (Lipinski definition) is 8. The van der Waals surface area contributed by atoms with E-state index in [1.807, 2.05) is 56.3 Å². The summed E-state index contributed by atoms with van der Waals surface area (Å²) < 4.78 is 73.3. The minimum absolute atomic E-state index is 0.0177. The Hall–Kier alpha value is -5.26. The van der Waals surface area contributed by atoms with Crippen molar-refractivity contribution in [2.45, 2.75) is 19.3 Å². The van der Waals surface area contributed by atoms with Crippen LogP contribution < -0.4 is 4.90 Å². The summed E-state index contributed by atoms with van der Waals surface area (Å²) in [4.78, 5) is 1.94. The van der Waals surface area contributed by atoms with Gasteiger partial charge in [-0.1, -0.05) is 110 Å². The van der Waals surface area contributed by atoms with Crippen molar-refractivity contribution in [1.82, 2.24) is 0 Å². The average molecular weight is 1140 g/mol. The van der Waals surface area contributed by atoms with Gasteiger partial charge in [0.1, 0.15) is 40.2 Å². The lowest BCUT2D eigenvalue weighted by Gasteiger charge is -2.11. The van der Waals surface area contributed by atoms with E-state index in [1.54, 1.807) is 66.7 Å². The number of rotatable bonds is 1. The summed E-state index contributed by atoms with van der Waals surface area (Å²) in [5.74, 6) is 0.0711. The second-order valence-corrected chi connectivity index (χ2v) is 16.7. The number of anilines is 1. The summed E-state index contributed by atoms with van der Waals surface area (Å²) in [6.45, 7) is 1.87. The third kappa shape index (κ3) is 25.8. The maximum Gasteiger partial charge on any atom is 0.416 e. The van der Waals surface area contributed by atoms with Crippen molar-refractivity contribution in [3.05, 3.63) is 197 Å². The Bertz CT molecular complexity index is 2450. The van der Waals surface area contributed by atoms with Gasteiger partial charge >= 0.3 is 12.4 Å². The molecule has 0 saturated heterocycles. The lowest BCUT2D eigenvalue weighted by atomic mass is 10.1.